The first-order chi connectivity index (χ1) is 15.4. The number of amides is 1. The van der Waals surface area contributed by atoms with Crippen LogP contribution in [0.15, 0.2) is 42.5 Å². The molecule has 0 fully saturated rings. The van der Waals surface area contributed by atoms with Gasteiger partial charge in [0.25, 0.3) is 5.91 Å². The van der Waals surface area contributed by atoms with Gasteiger partial charge in [-0.2, -0.15) is 0 Å². The average molecular weight is 476 g/mol. The second kappa shape index (κ2) is 11.3. The molecule has 3 rings (SSSR count). The van der Waals surface area contributed by atoms with Crippen LogP contribution in [0.5, 0.6) is 0 Å². The number of ketones is 1. The minimum absolute atomic E-state index is 0.209. The van der Waals surface area contributed by atoms with E-state index < -0.39 is 17.3 Å². The summed E-state index contributed by atoms with van der Waals surface area (Å²) in [6.07, 6.45) is 8.97. The Kier molecular flexibility index (Phi) is 8.75. The summed E-state index contributed by atoms with van der Waals surface area (Å²) in [5.74, 6) is -0.841. The van der Waals surface area contributed by atoms with Crippen molar-refractivity contribution in [2.24, 2.45) is 0 Å². The largest absolute Gasteiger partial charge is 0.375 e. The molecule has 1 heterocycles. The van der Waals surface area contributed by atoms with Gasteiger partial charge in [-0.1, -0.05) is 93.3 Å². The zero-order valence-corrected chi connectivity index (χ0v) is 20.1. The normalized spacial score (nSPS) is 17.6. The molecule has 0 radical (unpaired) electrons. The lowest BCUT2D eigenvalue weighted by Gasteiger charge is -2.23. The van der Waals surface area contributed by atoms with Crippen molar-refractivity contribution in [2.75, 3.05) is 11.4 Å². The molecule has 0 bridgehead atoms. The van der Waals surface area contributed by atoms with Crippen molar-refractivity contribution in [1.29, 1.82) is 0 Å². The van der Waals surface area contributed by atoms with Gasteiger partial charge >= 0.3 is 0 Å². The molecule has 0 saturated carbocycles. The summed E-state index contributed by atoms with van der Waals surface area (Å²) >= 11 is 12.1. The van der Waals surface area contributed by atoms with Gasteiger partial charge in [0.15, 0.2) is 11.4 Å². The van der Waals surface area contributed by atoms with Gasteiger partial charge in [-0.25, -0.2) is 0 Å². The number of aliphatic hydroxyl groups is 1. The van der Waals surface area contributed by atoms with Gasteiger partial charge in [-0.3, -0.25) is 9.59 Å². The highest BCUT2D eigenvalue weighted by atomic mass is 35.5. The van der Waals surface area contributed by atoms with Gasteiger partial charge in [-0.05, 0) is 30.7 Å². The first kappa shape index (κ1) is 24.8. The topological polar surface area (TPSA) is 57.6 Å². The van der Waals surface area contributed by atoms with E-state index in [2.05, 4.69) is 6.92 Å². The SMILES string of the molecule is CCCCCCCCCCN1C(=O)C(O)(CC(=O)c2ccc(Cl)cc2Cl)c2ccccc21. The quantitative estimate of drug-likeness (QED) is 0.267. The van der Waals surface area contributed by atoms with Crippen LogP contribution >= 0.6 is 23.2 Å². The van der Waals surface area contributed by atoms with Crippen molar-refractivity contribution >= 4 is 40.6 Å². The number of nitrogens with zero attached hydrogens (tertiary/aromatic N) is 1. The zero-order valence-electron chi connectivity index (χ0n) is 18.6. The molecule has 0 saturated heterocycles. The van der Waals surface area contributed by atoms with Gasteiger partial charge in [0.05, 0.1) is 17.1 Å². The number of fused-ring (bicyclic) bond motifs is 1. The second-order valence-electron chi connectivity index (χ2n) is 8.53. The molecular formula is C26H31Cl2NO3. The van der Waals surface area contributed by atoms with Crippen LogP contribution in [0.4, 0.5) is 5.69 Å². The van der Waals surface area contributed by atoms with Gasteiger partial charge in [0, 0.05) is 22.7 Å². The summed E-state index contributed by atoms with van der Waals surface area (Å²) in [6.45, 7) is 2.74. The highest BCUT2D eigenvalue weighted by Crippen LogP contribution is 2.43. The van der Waals surface area contributed by atoms with Crippen LogP contribution in [0.2, 0.25) is 10.0 Å². The molecule has 2 aromatic carbocycles. The molecule has 4 nitrogen and oxygen atoms in total. The third-order valence-electron chi connectivity index (χ3n) is 6.12. The van der Waals surface area contributed by atoms with Crippen LogP contribution in [-0.2, 0) is 10.4 Å². The Morgan fingerprint density at radius 2 is 1.62 bits per heavy atom. The standard InChI is InChI=1S/C26H31Cl2NO3/c1-2-3-4-5-6-7-8-11-16-29-23-13-10-9-12-21(23)26(32,25(29)31)18-24(30)20-15-14-19(27)17-22(20)28/h9-10,12-15,17,32H,2-8,11,16,18H2,1H3. The van der Waals surface area contributed by atoms with E-state index in [0.29, 0.717) is 22.8 Å². The first-order valence-electron chi connectivity index (χ1n) is 11.5. The Bertz CT molecular complexity index is 962. The average Bonchev–Trinajstić information content (AvgIpc) is 2.97. The highest BCUT2D eigenvalue weighted by molar-refractivity contribution is 6.37. The van der Waals surface area contributed by atoms with Crippen molar-refractivity contribution in [3.05, 3.63) is 63.6 Å². The van der Waals surface area contributed by atoms with Crippen molar-refractivity contribution < 1.29 is 14.7 Å². The molecule has 32 heavy (non-hydrogen) atoms. The number of para-hydroxylation sites is 1. The van der Waals surface area contributed by atoms with E-state index in [1.807, 2.05) is 12.1 Å². The number of halogens is 2. The van der Waals surface area contributed by atoms with Crippen LogP contribution in [0.25, 0.3) is 0 Å². The van der Waals surface area contributed by atoms with Crippen molar-refractivity contribution in [1.82, 2.24) is 0 Å². The monoisotopic (exact) mass is 475 g/mol. The maximum Gasteiger partial charge on any atom is 0.264 e. The fourth-order valence-electron chi connectivity index (χ4n) is 4.35. The maximum absolute atomic E-state index is 13.3. The summed E-state index contributed by atoms with van der Waals surface area (Å²) in [5, 5.41) is 12.0. The smallest absolute Gasteiger partial charge is 0.264 e. The molecule has 0 aromatic heterocycles. The highest BCUT2D eigenvalue weighted by Gasteiger charge is 2.50. The molecule has 1 amide bonds. The van der Waals surface area contributed by atoms with Gasteiger partial charge in [0.2, 0.25) is 0 Å². The molecule has 1 atom stereocenters. The van der Waals surface area contributed by atoms with Gasteiger partial charge in [0.1, 0.15) is 0 Å². The van der Waals surface area contributed by atoms with Crippen LogP contribution in [0.1, 0.15) is 80.6 Å². The van der Waals surface area contributed by atoms with Crippen LogP contribution in [0, 0.1) is 0 Å². The van der Waals surface area contributed by atoms with E-state index in [0.717, 1.165) is 19.3 Å². The molecule has 1 unspecified atom stereocenters. The van der Waals surface area contributed by atoms with Gasteiger partial charge in [-0.15, -0.1) is 0 Å². The molecular weight excluding hydrogens is 445 g/mol. The van der Waals surface area contributed by atoms with E-state index in [9.17, 15) is 14.7 Å². The number of hydrogen-bond acceptors (Lipinski definition) is 3. The number of carbonyl (C=O) groups excluding carboxylic acids is 2. The van der Waals surface area contributed by atoms with E-state index in [1.54, 1.807) is 23.1 Å². The van der Waals surface area contributed by atoms with E-state index in [-0.39, 0.29) is 17.0 Å². The van der Waals surface area contributed by atoms with E-state index in [4.69, 9.17) is 23.2 Å². The minimum atomic E-state index is -1.89. The van der Waals surface area contributed by atoms with Gasteiger partial charge < -0.3 is 10.0 Å². The second-order valence-corrected chi connectivity index (χ2v) is 9.38. The van der Waals surface area contributed by atoms with Crippen LogP contribution in [-0.4, -0.2) is 23.3 Å². The maximum atomic E-state index is 13.3. The number of rotatable bonds is 12. The lowest BCUT2D eigenvalue weighted by Crippen LogP contribution is -2.42. The molecule has 172 valence electrons. The Hall–Kier alpha value is -1.88. The molecule has 6 heteroatoms. The predicted molar refractivity (Wildman–Crippen MR) is 131 cm³/mol. The fourth-order valence-corrected chi connectivity index (χ4v) is 4.86. The Balaban J connectivity index is 1.67. The lowest BCUT2D eigenvalue weighted by atomic mass is 9.88. The molecule has 0 aliphatic carbocycles. The number of unbranched alkanes of at least 4 members (excludes halogenated alkanes) is 7. The number of Topliss-reactive ketones (excluding diaryl/α,β-unsaturated/α-hetero) is 1. The summed E-state index contributed by atoms with van der Waals surface area (Å²) in [6, 6.07) is 11.8. The van der Waals surface area contributed by atoms with E-state index >= 15 is 0 Å². The van der Waals surface area contributed by atoms with E-state index in [1.165, 1.54) is 44.2 Å². The first-order valence-corrected chi connectivity index (χ1v) is 12.3. The molecule has 1 aliphatic heterocycles. The summed E-state index contributed by atoms with van der Waals surface area (Å²) in [4.78, 5) is 27.9. The van der Waals surface area contributed by atoms with Crippen LogP contribution in [0.3, 0.4) is 0 Å². The molecule has 0 spiro atoms. The third kappa shape index (κ3) is 5.54. The Morgan fingerprint density at radius 3 is 2.31 bits per heavy atom. The molecule has 2 aromatic rings. The summed E-state index contributed by atoms with van der Waals surface area (Å²) in [5.41, 5.74) is -0.492. The number of hydrogen-bond donors (Lipinski definition) is 1. The van der Waals surface area contributed by atoms with Crippen molar-refractivity contribution in [2.45, 2.75) is 70.3 Å². The minimum Gasteiger partial charge on any atom is -0.375 e. The third-order valence-corrected chi connectivity index (χ3v) is 6.67. The number of anilines is 1. The van der Waals surface area contributed by atoms with Crippen molar-refractivity contribution in [3.8, 4) is 0 Å². The Labute approximate surface area is 200 Å². The predicted octanol–water partition coefficient (Wildman–Crippen LogP) is 6.94. The van der Waals surface area contributed by atoms with Crippen LogP contribution < -0.4 is 4.90 Å². The molecule has 1 aliphatic rings. The molecule has 1 N–H and O–H groups in total. The summed E-state index contributed by atoms with van der Waals surface area (Å²) < 4.78 is 0. The summed E-state index contributed by atoms with van der Waals surface area (Å²) in [7, 11) is 0. The fraction of sp³-hybridized carbons (Fsp3) is 0.462. The Morgan fingerprint density at radius 1 is 0.969 bits per heavy atom. The number of benzene rings is 2. The zero-order chi connectivity index (χ0) is 23.1. The lowest BCUT2D eigenvalue weighted by molar-refractivity contribution is -0.135. The van der Waals surface area contributed by atoms with Crippen molar-refractivity contribution in [3.63, 3.8) is 0 Å². The number of carbonyl (C=O) groups is 2.